The molecule has 0 heterocycles. The highest BCUT2D eigenvalue weighted by Gasteiger charge is 2.16. The molecule has 2 rings (SSSR count). The number of amides is 1. The second-order valence-corrected chi connectivity index (χ2v) is 6.76. The fraction of sp³-hybridized carbons (Fsp3) is 0.0714. The van der Waals surface area contributed by atoms with E-state index in [1.165, 1.54) is 6.07 Å². The van der Waals surface area contributed by atoms with Crippen molar-refractivity contribution in [2.75, 3.05) is 5.32 Å². The van der Waals surface area contributed by atoms with E-state index in [1.807, 2.05) is 0 Å². The Morgan fingerprint density at radius 2 is 1.75 bits per heavy atom. The van der Waals surface area contributed by atoms with Gasteiger partial charge in [0.25, 0.3) is 5.91 Å². The predicted octanol–water partition coefficient (Wildman–Crippen LogP) is 5.67. The molecule has 1 N–H and O–H groups in total. The Labute approximate surface area is 141 Å². The Morgan fingerprint density at radius 1 is 1.15 bits per heavy atom. The molecule has 0 radical (unpaired) electrons. The molecule has 0 aliphatic rings. The Hall–Kier alpha value is -0.720. The molecular formula is C14H9Br3FNO. The summed E-state index contributed by atoms with van der Waals surface area (Å²) in [6.07, 6.45) is 0. The number of benzene rings is 2. The first-order valence-corrected chi connectivity index (χ1v) is 7.99. The first-order chi connectivity index (χ1) is 9.40. The lowest BCUT2D eigenvalue weighted by Gasteiger charge is -2.11. The topological polar surface area (TPSA) is 29.1 Å². The van der Waals surface area contributed by atoms with E-state index in [2.05, 4.69) is 53.1 Å². The van der Waals surface area contributed by atoms with Crippen LogP contribution in [0.2, 0.25) is 0 Å². The van der Waals surface area contributed by atoms with Crippen molar-refractivity contribution in [2.45, 2.75) is 6.92 Å². The zero-order valence-corrected chi connectivity index (χ0v) is 15.1. The molecule has 0 aromatic heterocycles. The highest BCUT2D eigenvalue weighted by Crippen LogP contribution is 2.34. The van der Waals surface area contributed by atoms with Gasteiger partial charge in [-0.15, -0.1) is 0 Å². The Kier molecular flexibility index (Phi) is 4.99. The molecule has 104 valence electrons. The summed E-state index contributed by atoms with van der Waals surface area (Å²) in [7, 11) is 0. The zero-order valence-electron chi connectivity index (χ0n) is 10.3. The van der Waals surface area contributed by atoms with Gasteiger partial charge in [0.15, 0.2) is 0 Å². The van der Waals surface area contributed by atoms with Crippen LogP contribution in [0.15, 0.2) is 43.7 Å². The summed E-state index contributed by atoms with van der Waals surface area (Å²) in [5.74, 6) is -0.996. The molecule has 0 fully saturated rings. The molecule has 2 aromatic rings. The molecule has 0 spiro atoms. The van der Waals surface area contributed by atoms with E-state index in [1.54, 1.807) is 31.2 Å². The molecule has 1 amide bonds. The minimum absolute atomic E-state index is 0.0201. The molecule has 0 atom stereocenters. The molecular weight excluding hydrogens is 457 g/mol. The first kappa shape index (κ1) is 15.7. The SMILES string of the molecule is Cc1cccc(C(=O)Nc2c(Br)cc(Br)cc2Br)c1F. The normalized spacial score (nSPS) is 10.4. The number of aryl methyl sites for hydroxylation is 1. The molecule has 0 bridgehead atoms. The average Bonchev–Trinajstić information content (AvgIpc) is 2.36. The van der Waals surface area contributed by atoms with Crippen molar-refractivity contribution >= 4 is 59.4 Å². The summed E-state index contributed by atoms with van der Waals surface area (Å²) in [5, 5.41) is 2.70. The van der Waals surface area contributed by atoms with E-state index in [0.717, 1.165) is 4.47 Å². The minimum atomic E-state index is -0.505. The van der Waals surface area contributed by atoms with Gasteiger partial charge >= 0.3 is 0 Å². The molecule has 0 aliphatic carbocycles. The maximum absolute atomic E-state index is 13.9. The number of hydrogen-bond donors (Lipinski definition) is 1. The van der Waals surface area contributed by atoms with Crippen LogP contribution in [0, 0.1) is 12.7 Å². The number of rotatable bonds is 2. The lowest BCUT2D eigenvalue weighted by molar-refractivity contribution is 0.102. The Morgan fingerprint density at radius 3 is 2.35 bits per heavy atom. The van der Waals surface area contributed by atoms with Crippen LogP contribution < -0.4 is 5.32 Å². The maximum Gasteiger partial charge on any atom is 0.258 e. The van der Waals surface area contributed by atoms with Gasteiger partial charge in [0.1, 0.15) is 5.82 Å². The number of carbonyl (C=O) groups excluding carboxylic acids is 1. The van der Waals surface area contributed by atoms with Gasteiger partial charge in [-0.2, -0.15) is 0 Å². The van der Waals surface area contributed by atoms with Crippen LogP contribution >= 0.6 is 47.8 Å². The van der Waals surface area contributed by atoms with Crippen LogP contribution in [0.3, 0.4) is 0 Å². The molecule has 0 saturated heterocycles. The summed E-state index contributed by atoms with van der Waals surface area (Å²) < 4.78 is 16.2. The van der Waals surface area contributed by atoms with E-state index < -0.39 is 11.7 Å². The number of carbonyl (C=O) groups is 1. The van der Waals surface area contributed by atoms with Gasteiger partial charge in [0, 0.05) is 13.4 Å². The van der Waals surface area contributed by atoms with Gasteiger partial charge in [0.05, 0.1) is 11.3 Å². The zero-order chi connectivity index (χ0) is 14.9. The summed E-state index contributed by atoms with van der Waals surface area (Å²) in [6, 6.07) is 8.33. The highest BCUT2D eigenvalue weighted by atomic mass is 79.9. The van der Waals surface area contributed by atoms with Crippen molar-refractivity contribution in [1.82, 2.24) is 0 Å². The van der Waals surface area contributed by atoms with Crippen LogP contribution in [-0.2, 0) is 0 Å². The summed E-state index contributed by atoms with van der Waals surface area (Å²) in [4.78, 5) is 12.2. The third-order valence-electron chi connectivity index (χ3n) is 2.68. The van der Waals surface area contributed by atoms with Crippen molar-refractivity contribution in [2.24, 2.45) is 0 Å². The van der Waals surface area contributed by atoms with Gasteiger partial charge in [-0.05, 0) is 62.5 Å². The molecule has 6 heteroatoms. The monoisotopic (exact) mass is 463 g/mol. The smallest absolute Gasteiger partial charge is 0.258 e. The molecule has 2 nitrogen and oxygen atoms in total. The van der Waals surface area contributed by atoms with Gasteiger partial charge < -0.3 is 5.32 Å². The number of halogens is 4. The van der Waals surface area contributed by atoms with Crippen LogP contribution in [0.1, 0.15) is 15.9 Å². The van der Waals surface area contributed by atoms with E-state index >= 15 is 0 Å². The van der Waals surface area contributed by atoms with Crippen LogP contribution in [0.5, 0.6) is 0 Å². The molecule has 2 aromatic carbocycles. The first-order valence-electron chi connectivity index (χ1n) is 5.61. The van der Waals surface area contributed by atoms with Crippen molar-refractivity contribution in [1.29, 1.82) is 0 Å². The summed E-state index contributed by atoms with van der Waals surface area (Å²) >= 11 is 10.1. The second kappa shape index (κ2) is 6.37. The predicted molar refractivity (Wildman–Crippen MR) is 88.6 cm³/mol. The number of nitrogens with one attached hydrogen (secondary N) is 1. The van der Waals surface area contributed by atoms with Crippen molar-refractivity contribution in [3.05, 3.63) is 60.7 Å². The largest absolute Gasteiger partial charge is 0.320 e. The molecule has 0 aliphatic heterocycles. The van der Waals surface area contributed by atoms with Gasteiger partial charge in [0.2, 0.25) is 0 Å². The average molecular weight is 466 g/mol. The van der Waals surface area contributed by atoms with Crippen molar-refractivity contribution in [3.63, 3.8) is 0 Å². The van der Waals surface area contributed by atoms with Gasteiger partial charge in [-0.3, -0.25) is 4.79 Å². The molecule has 0 unspecified atom stereocenters. The lowest BCUT2D eigenvalue weighted by atomic mass is 10.1. The molecule has 0 saturated carbocycles. The van der Waals surface area contributed by atoms with E-state index in [-0.39, 0.29) is 5.56 Å². The van der Waals surface area contributed by atoms with Gasteiger partial charge in [-0.1, -0.05) is 28.1 Å². The minimum Gasteiger partial charge on any atom is -0.320 e. The summed E-state index contributed by atoms with van der Waals surface area (Å²) in [5.41, 5.74) is 1.01. The Bertz CT molecular complexity index is 665. The standard InChI is InChI=1S/C14H9Br3FNO/c1-7-3-2-4-9(12(7)18)14(20)19-13-10(16)5-8(15)6-11(13)17/h2-6H,1H3,(H,19,20). The number of anilines is 1. The third kappa shape index (κ3) is 3.30. The Balaban J connectivity index is 2.36. The quantitative estimate of drug-likeness (QED) is 0.608. The van der Waals surface area contributed by atoms with Crippen LogP contribution in [-0.4, -0.2) is 5.91 Å². The fourth-order valence-corrected chi connectivity index (χ4v) is 4.12. The highest BCUT2D eigenvalue weighted by molar-refractivity contribution is 9.11. The third-order valence-corrected chi connectivity index (χ3v) is 4.39. The van der Waals surface area contributed by atoms with E-state index in [0.29, 0.717) is 20.2 Å². The van der Waals surface area contributed by atoms with E-state index in [9.17, 15) is 9.18 Å². The fourth-order valence-electron chi connectivity index (χ4n) is 1.67. The number of hydrogen-bond acceptors (Lipinski definition) is 1. The maximum atomic E-state index is 13.9. The molecule has 20 heavy (non-hydrogen) atoms. The van der Waals surface area contributed by atoms with Crippen LogP contribution in [0.4, 0.5) is 10.1 Å². The second-order valence-electron chi connectivity index (χ2n) is 4.14. The summed E-state index contributed by atoms with van der Waals surface area (Å²) in [6.45, 7) is 1.62. The lowest BCUT2D eigenvalue weighted by Crippen LogP contribution is -2.15. The van der Waals surface area contributed by atoms with Crippen molar-refractivity contribution < 1.29 is 9.18 Å². The van der Waals surface area contributed by atoms with Crippen LogP contribution in [0.25, 0.3) is 0 Å². The van der Waals surface area contributed by atoms with Crippen molar-refractivity contribution in [3.8, 4) is 0 Å². The van der Waals surface area contributed by atoms with Gasteiger partial charge in [-0.25, -0.2) is 4.39 Å². The van der Waals surface area contributed by atoms with E-state index in [4.69, 9.17) is 0 Å².